The van der Waals surface area contributed by atoms with Gasteiger partial charge in [0.1, 0.15) is 5.82 Å². The molecule has 2 rings (SSSR count). The molecule has 110 valence electrons. The average Bonchev–Trinajstić information content (AvgIpc) is 2.89. The van der Waals surface area contributed by atoms with E-state index in [0.717, 1.165) is 25.1 Å². The first kappa shape index (κ1) is 15.0. The molecule has 1 atom stereocenters. The van der Waals surface area contributed by atoms with E-state index in [-0.39, 0.29) is 17.1 Å². The fraction of sp³-hybridized carbons (Fsp3) is 0.562. The number of amides is 1. The van der Waals surface area contributed by atoms with Crippen molar-refractivity contribution in [2.24, 2.45) is 11.3 Å². The zero-order valence-corrected chi connectivity index (χ0v) is 12.2. The highest BCUT2D eigenvalue weighted by Gasteiger charge is 2.43. The van der Waals surface area contributed by atoms with E-state index in [1.165, 1.54) is 12.1 Å². The van der Waals surface area contributed by atoms with E-state index in [9.17, 15) is 9.18 Å². The van der Waals surface area contributed by atoms with E-state index in [0.29, 0.717) is 18.9 Å². The van der Waals surface area contributed by atoms with Crippen molar-refractivity contribution in [2.75, 3.05) is 19.6 Å². The van der Waals surface area contributed by atoms with E-state index in [2.05, 4.69) is 24.5 Å². The number of carbonyl (C=O) groups excluding carboxylic acids is 1. The summed E-state index contributed by atoms with van der Waals surface area (Å²) in [5.74, 6) is 0.202. The van der Waals surface area contributed by atoms with Gasteiger partial charge in [0, 0.05) is 13.1 Å². The van der Waals surface area contributed by atoms with E-state index >= 15 is 0 Å². The van der Waals surface area contributed by atoms with Crippen molar-refractivity contribution in [3.8, 4) is 0 Å². The Labute approximate surface area is 120 Å². The van der Waals surface area contributed by atoms with Gasteiger partial charge >= 0.3 is 0 Å². The maximum Gasteiger partial charge on any atom is 0.227 e. The van der Waals surface area contributed by atoms with Gasteiger partial charge in [-0.25, -0.2) is 4.39 Å². The molecule has 0 aromatic heterocycles. The maximum atomic E-state index is 13.1. The van der Waals surface area contributed by atoms with Crippen LogP contribution in [0, 0.1) is 17.2 Å². The third-order valence-corrected chi connectivity index (χ3v) is 4.33. The van der Waals surface area contributed by atoms with E-state index in [1.807, 2.05) is 6.07 Å². The zero-order valence-electron chi connectivity index (χ0n) is 12.2. The van der Waals surface area contributed by atoms with E-state index in [4.69, 9.17) is 0 Å². The molecule has 2 N–H and O–H groups in total. The summed E-state index contributed by atoms with van der Waals surface area (Å²) >= 11 is 0. The van der Waals surface area contributed by atoms with Crippen LogP contribution in [-0.4, -0.2) is 25.5 Å². The highest BCUT2D eigenvalue weighted by molar-refractivity contribution is 5.83. The van der Waals surface area contributed by atoms with Crippen LogP contribution in [0.5, 0.6) is 0 Å². The average molecular weight is 278 g/mol. The molecular formula is C16H23FN2O. The van der Waals surface area contributed by atoms with Crippen molar-refractivity contribution in [3.63, 3.8) is 0 Å². The smallest absolute Gasteiger partial charge is 0.227 e. The Kier molecular flexibility index (Phi) is 4.76. The molecule has 0 saturated carbocycles. The molecule has 4 heteroatoms. The molecule has 1 amide bonds. The van der Waals surface area contributed by atoms with Gasteiger partial charge in [0.05, 0.1) is 5.41 Å². The van der Waals surface area contributed by atoms with Gasteiger partial charge in [-0.3, -0.25) is 4.79 Å². The Balaban J connectivity index is 1.88. The molecule has 0 radical (unpaired) electrons. The van der Waals surface area contributed by atoms with Crippen molar-refractivity contribution < 1.29 is 9.18 Å². The molecule has 0 spiro atoms. The standard InChI is InChI=1S/C16H23FN2O/c1-12(2)16(7-9-18-11-16)15(20)19-8-6-13-4-3-5-14(17)10-13/h3-5,10,12,18H,6-9,11H2,1-2H3,(H,19,20). The molecule has 1 saturated heterocycles. The first-order valence-electron chi connectivity index (χ1n) is 7.28. The first-order chi connectivity index (χ1) is 9.54. The number of carbonyl (C=O) groups is 1. The Morgan fingerprint density at radius 1 is 1.50 bits per heavy atom. The molecular weight excluding hydrogens is 255 g/mol. The van der Waals surface area contributed by atoms with E-state index in [1.54, 1.807) is 6.07 Å². The Morgan fingerprint density at radius 2 is 2.30 bits per heavy atom. The lowest BCUT2D eigenvalue weighted by atomic mass is 9.75. The summed E-state index contributed by atoms with van der Waals surface area (Å²) in [6, 6.07) is 6.52. The number of hydrogen-bond acceptors (Lipinski definition) is 2. The van der Waals surface area contributed by atoms with Gasteiger partial charge in [0.2, 0.25) is 5.91 Å². The number of halogens is 1. The van der Waals surface area contributed by atoms with Crippen molar-refractivity contribution in [3.05, 3.63) is 35.6 Å². The maximum absolute atomic E-state index is 13.1. The number of rotatable bonds is 5. The highest BCUT2D eigenvalue weighted by Crippen LogP contribution is 2.34. The van der Waals surface area contributed by atoms with Crippen LogP contribution in [0.3, 0.4) is 0 Å². The van der Waals surface area contributed by atoms with Gasteiger partial charge in [-0.15, -0.1) is 0 Å². The molecule has 20 heavy (non-hydrogen) atoms. The van der Waals surface area contributed by atoms with Crippen LogP contribution in [-0.2, 0) is 11.2 Å². The predicted molar refractivity (Wildman–Crippen MR) is 77.9 cm³/mol. The minimum atomic E-state index is -0.290. The minimum Gasteiger partial charge on any atom is -0.355 e. The largest absolute Gasteiger partial charge is 0.355 e. The zero-order chi connectivity index (χ0) is 14.6. The summed E-state index contributed by atoms with van der Waals surface area (Å²) in [6.45, 7) is 6.39. The third-order valence-electron chi connectivity index (χ3n) is 4.33. The molecule has 3 nitrogen and oxygen atoms in total. The molecule has 1 unspecified atom stereocenters. The van der Waals surface area contributed by atoms with Gasteiger partial charge in [-0.1, -0.05) is 26.0 Å². The van der Waals surface area contributed by atoms with Gasteiger partial charge in [-0.05, 0) is 43.0 Å². The molecule has 1 aromatic rings. The van der Waals surface area contributed by atoms with Gasteiger partial charge in [-0.2, -0.15) is 0 Å². The summed E-state index contributed by atoms with van der Waals surface area (Å²) < 4.78 is 13.1. The van der Waals surface area contributed by atoms with Gasteiger partial charge in [0.15, 0.2) is 0 Å². The van der Waals surface area contributed by atoms with Crippen LogP contribution in [0.15, 0.2) is 24.3 Å². The quantitative estimate of drug-likeness (QED) is 0.866. The minimum absolute atomic E-state index is 0.119. The fourth-order valence-corrected chi connectivity index (χ4v) is 2.85. The van der Waals surface area contributed by atoms with Crippen LogP contribution in [0.4, 0.5) is 4.39 Å². The summed E-state index contributed by atoms with van der Waals surface area (Å²) in [4.78, 5) is 12.4. The first-order valence-corrected chi connectivity index (χ1v) is 7.28. The molecule has 0 aliphatic carbocycles. The van der Waals surface area contributed by atoms with E-state index < -0.39 is 0 Å². The molecule has 1 aliphatic rings. The fourth-order valence-electron chi connectivity index (χ4n) is 2.85. The molecule has 0 bridgehead atoms. The van der Waals surface area contributed by atoms with Crippen molar-refractivity contribution in [2.45, 2.75) is 26.7 Å². The summed E-state index contributed by atoms with van der Waals surface area (Å²) in [5, 5.41) is 6.29. The second-order valence-electron chi connectivity index (χ2n) is 5.87. The van der Waals surface area contributed by atoms with Gasteiger partial charge < -0.3 is 10.6 Å². The molecule has 1 aromatic carbocycles. The van der Waals surface area contributed by atoms with Crippen LogP contribution in [0.25, 0.3) is 0 Å². The lowest BCUT2D eigenvalue weighted by molar-refractivity contribution is -0.132. The van der Waals surface area contributed by atoms with Crippen LogP contribution < -0.4 is 10.6 Å². The number of hydrogen-bond donors (Lipinski definition) is 2. The number of benzene rings is 1. The topological polar surface area (TPSA) is 41.1 Å². The van der Waals surface area contributed by atoms with Crippen molar-refractivity contribution in [1.82, 2.24) is 10.6 Å². The summed E-state index contributed by atoms with van der Waals surface area (Å²) in [6.07, 6.45) is 1.54. The molecule has 1 fully saturated rings. The second-order valence-corrected chi connectivity index (χ2v) is 5.87. The normalized spacial score (nSPS) is 22.2. The Hall–Kier alpha value is -1.42. The molecule has 1 aliphatic heterocycles. The Morgan fingerprint density at radius 3 is 2.90 bits per heavy atom. The highest BCUT2D eigenvalue weighted by atomic mass is 19.1. The SMILES string of the molecule is CC(C)C1(C(=O)NCCc2cccc(F)c2)CCNC1. The molecule has 1 heterocycles. The van der Waals surface area contributed by atoms with Crippen LogP contribution in [0.1, 0.15) is 25.8 Å². The van der Waals surface area contributed by atoms with Crippen molar-refractivity contribution in [1.29, 1.82) is 0 Å². The monoisotopic (exact) mass is 278 g/mol. The predicted octanol–water partition coefficient (Wildman–Crippen LogP) is 2.12. The summed E-state index contributed by atoms with van der Waals surface area (Å²) in [7, 11) is 0. The summed E-state index contributed by atoms with van der Waals surface area (Å²) in [5.41, 5.74) is 0.621. The third kappa shape index (κ3) is 3.18. The lowest BCUT2D eigenvalue weighted by Crippen LogP contribution is -2.46. The number of nitrogens with one attached hydrogen (secondary N) is 2. The van der Waals surface area contributed by atoms with Crippen molar-refractivity contribution >= 4 is 5.91 Å². The lowest BCUT2D eigenvalue weighted by Gasteiger charge is -2.31. The Bertz CT molecular complexity index is 467. The van der Waals surface area contributed by atoms with Crippen LogP contribution in [0.2, 0.25) is 0 Å². The van der Waals surface area contributed by atoms with Crippen LogP contribution >= 0.6 is 0 Å². The van der Waals surface area contributed by atoms with Gasteiger partial charge in [0.25, 0.3) is 0 Å². The second kappa shape index (κ2) is 6.35.